The highest BCUT2D eigenvalue weighted by atomic mass is 32.1. The van der Waals surface area contributed by atoms with Crippen LogP contribution in [-0.2, 0) is 0 Å². The SMILES string of the molecule is CNC(c1cnc2ccsc2c1)c1ccco1. The lowest BCUT2D eigenvalue weighted by Gasteiger charge is -2.13. The van der Waals surface area contributed by atoms with E-state index in [2.05, 4.69) is 21.7 Å². The molecule has 0 saturated carbocycles. The molecule has 86 valence electrons. The fourth-order valence-corrected chi connectivity index (χ4v) is 2.74. The van der Waals surface area contributed by atoms with Gasteiger partial charge in [-0.25, -0.2) is 0 Å². The average molecular weight is 244 g/mol. The normalized spacial score (nSPS) is 13.0. The van der Waals surface area contributed by atoms with E-state index >= 15 is 0 Å². The predicted octanol–water partition coefficient (Wildman–Crippen LogP) is 3.20. The van der Waals surface area contributed by atoms with E-state index in [1.165, 1.54) is 4.70 Å². The van der Waals surface area contributed by atoms with Crippen LogP contribution < -0.4 is 5.32 Å². The summed E-state index contributed by atoms with van der Waals surface area (Å²) in [6.07, 6.45) is 3.59. The quantitative estimate of drug-likeness (QED) is 0.769. The number of thiophene rings is 1. The average Bonchev–Trinajstić information content (AvgIpc) is 2.99. The summed E-state index contributed by atoms with van der Waals surface area (Å²) in [5.41, 5.74) is 2.17. The van der Waals surface area contributed by atoms with Crippen molar-refractivity contribution in [2.24, 2.45) is 0 Å². The maximum atomic E-state index is 5.45. The maximum Gasteiger partial charge on any atom is 0.125 e. The van der Waals surface area contributed by atoms with Gasteiger partial charge in [-0.05, 0) is 42.3 Å². The maximum absolute atomic E-state index is 5.45. The van der Waals surface area contributed by atoms with Gasteiger partial charge in [0.2, 0.25) is 0 Å². The summed E-state index contributed by atoms with van der Waals surface area (Å²) in [4.78, 5) is 4.45. The molecule has 0 aliphatic heterocycles. The van der Waals surface area contributed by atoms with Gasteiger partial charge in [-0.15, -0.1) is 11.3 Å². The molecule has 0 saturated heterocycles. The fraction of sp³-hybridized carbons (Fsp3) is 0.154. The van der Waals surface area contributed by atoms with Crippen LogP contribution in [0.15, 0.2) is 46.5 Å². The Hall–Kier alpha value is -1.65. The van der Waals surface area contributed by atoms with Gasteiger partial charge in [0.05, 0.1) is 22.5 Å². The zero-order chi connectivity index (χ0) is 11.7. The molecule has 1 atom stereocenters. The first kappa shape index (κ1) is 10.5. The van der Waals surface area contributed by atoms with Crippen molar-refractivity contribution >= 4 is 21.6 Å². The molecule has 3 heterocycles. The Kier molecular flexibility index (Phi) is 2.66. The van der Waals surface area contributed by atoms with E-state index in [4.69, 9.17) is 4.42 Å². The molecule has 0 fully saturated rings. The summed E-state index contributed by atoms with van der Waals surface area (Å²) >= 11 is 1.71. The number of hydrogen-bond acceptors (Lipinski definition) is 4. The van der Waals surface area contributed by atoms with Gasteiger partial charge >= 0.3 is 0 Å². The van der Waals surface area contributed by atoms with Crippen molar-refractivity contribution in [3.63, 3.8) is 0 Å². The smallest absolute Gasteiger partial charge is 0.125 e. The molecule has 0 amide bonds. The number of aromatic nitrogens is 1. The van der Waals surface area contributed by atoms with Crippen LogP contribution >= 0.6 is 11.3 Å². The molecule has 1 unspecified atom stereocenters. The number of nitrogens with one attached hydrogen (secondary N) is 1. The van der Waals surface area contributed by atoms with Crippen molar-refractivity contribution in [3.8, 4) is 0 Å². The first-order valence-electron chi connectivity index (χ1n) is 5.42. The van der Waals surface area contributed by atoms with Gasteiger partial charge in [0.15, 0.2) is 0 Å². The molecule has 4 heteroatoms. The van der Waals surface area contributed by atoms with Gasteiger partial charge in [-0.2, -0.15) is 0 Å². The van der Waals surface area contributed by atoms with Crippen molar-refractivity contribution in [2.75, 3.05) is 7.05 Å². The zero-order valence-electron chi connectivity index (χ0n) is 9.38. The lowest BCUT2D eigenvalue weighted by molar-refractivity contribution is 0.463. The molecule has 3 nitrogen and oxygen atoms in total. The predicted molar refractivity (Wildman–Crippen MR) is 69.2 cm³/mol. The molecule has 17 heavy (non-hydrogen) atoms. The van der Waals surface area contributed by atoms with Crippen molar-refractivity contribution in [1.29, 1.82) is 0 Å². The Balaban J connectivity index is 2.06. The van der Waals surface area contributed by atoms with Gasteiger partial charge in [0.1, 0.15) is 5.76 Å². The highest BCUT2D eigenvalue weighted by molar-refractivity contribution is 7.17. The van der Waals surface area contributed by atoms with Gasteiger partial charge in [0.25, 0.3) is 0 Å². The Morgan fingerprint density at radius 2 is 2.35 bits per heavy atom. The summed E-state index contributed by atoms with van der Waals surface area (Å²) in [6.45, 7) is 0. The Morgan fingerprint density at radius 3 is 3.12 bits per heavy atom. The minimum absolute atomic E-state index is 0.0593. The lowest BCUT2D eigenvalue weighted by atomic mass is 10.1. The molecule has 0 aromatic carbocycles. The third-order valence-electron chi connectivity index (χ3n) is 2.77. The van der Waals surface area contributed by atoms with Crippen LogP contribution in [0.25, 0.3) is 10.2 Å². The highest BCUT2D eigenvalue weighted by Gasteiger charge is 2.15. The van der Waals surface area contributed by atoms with E-state index in [0.29, 0.717) is 0 Å². The lowest BCUT2D eigenvalue weighted by Crippen LogP contribution is -2.17. The topological polar surface area (TPSA) is 38.1 Å². The van der Waals surface area contributed by atoms with Gasteiger partial charge in [-0.1, -0.05) is 0 Å². The number of nitrogens with zero attached hydrogens (tertiary/aromatic N) is 1. The first-order valence-corrected chi connectivity index (χ1v) is 6.30. The second-order valence-electron chi connectivity index (χ2n) is 3.81. The van der Waals surface area contributed by atoms with Crippen LogP contribution in [-0.4, -0.2) is 12.0 Å². The largest absolute Gasteiger partial charge is 0.467 e. The van der Waals surface area contributed by atoms with Gasteiger partial charge in [-0.3, -0.25) is 4.98 Å². The van der Waals surface area contributed by atoms with Crippen LogP contribution in [0.3, 0.4) is 0 Å². The van der Waals surface area contributed by atoms with Crippen molar-refractivity contribution in [1.82, 2.24) is 10.3 Å². The summed E-state index contributed by atoms with van der Waals surface area (Å²) in [5.74, 6) is 0.908. The van der Waals surface area contributed by atoms with Gasteiger partial charge in [0, 0.05) is 6.20 Å². The van der Waals surface area contributed by atoms with E-state index in [0.717, 1.165) is 16.8 Å². The van der Waals surface area contributed by atoms with Crippen molar-refractivity contribution in [3.05, 3.63) is 53.4 Å². The number of fused-ring (bicyclic) bond motifs is 1. The molecule has 3 aromatic heterocycles. The molecule has 3 rings (SSSR count). The molecule has 0 aliphatic rings. The minimum atomic E-state index is 0.0593. The molecule has 0 bridgehead atoms. The fourth-order valence-electron chi connectivity index (χ4n) is 1.95. The number of pyridine rings is 1. The van der Waals surface area contributed by atoms with Gasteiger partial charge < -0.3 is 9.73 Å². The van der Waals surface area contributed by atoms with E-state index < -0.39 is 0 Å². The second-order valence-corrected chi connectivity index (χ2v) is 4.76. The van der Waals surface area contributed by atoms with Crippen molar-refractivity contribution in [2.45, 2.75) is 6.04 Å². The van der Waals surface area contributed by atoms with E-state index in [9.17, 15) is 0 Å². The molecule has 0 aliphatic carbocycles. The van der Waals surface area contributed by atoms with E-state index in [-0.39, 0.29) is 6.04 Å². The summed E-state index contributed by atoms with van der Waals surface area (Å²) in [5, 5.41) is 5.31. The highest BCUT2D eigenvalue weighted by Crippen LogP contribution is 2.26. The molecule has 1 N–H and O–H groups in total. The van der Waals surface area contributed by atoms with E-state index in [1.807, 2.05) is 31.4 Å². The second kappa shape index (κ2) is 4.31. The summed E-state index contributed by atoms with van der Waals surface area (Å²) in [6, 6.07) is 8.13. The van der Waals surface area contributed by atoms with Crippen LogP contribution in [0.2, 0.25) is 0 Å². The van der Waals surface area contributed by atoms with E-state index in [1.54, 1.807) is 17.6 Å². The Labute approximate surface area is 103 Å². The van der Waals surface area contributed by atoms with Crippen LogP contribution in [0.5, 0.6) is 0 Å². The number of rotatable bonds is 3. The molecular formula is C13H12N2OS. The summed E-state index contributed by atoms with van der Waals surface area (Å²) in [7, 11) is 1.92. The molecule has 3 aromatic rings. The standard InChI is InChI=1S/C13H12N2OS/c1-14-13(11-3-2-5-16-11)9-7-12-10(15-8-9)4-6-17-12/h2-8,13-14H,1H3. The number of hydrogen-bond donors (Lipinski definition) is 1. The zero-order valence-corrected chi connectivity index (χ0v) is 10.2. The Bertz CT molecular complexity index is 615. The molecular weight excluding hydrogens is 232 g/mol. The first-order chi connectivity index (χ1) is 8.38. The minimum Gasteiger partial charge on any atom is -0.467 e. The molecule has 0 radical (unpaired) electrons. The van der Waals surface area contributed by atoms with Crippen LogP contribution in [0.4, 0.5) is 0 Å². The van der Waals surface area contributed by atoms with Crippen molar-refractivity contribution < 1.29 is 4.42 Å². The van der Waals surface area contributed by atoms with Crippen LogP contribution in [0.1, 0.15) is 17.4 Å². The summed E-state index contributed by atoms with van der Waals surface area (Å²) < 4.78 is 6.65. The third kappa shape index (κ3) is 1.85. The van der Waals surface area contributed by atoms with Crippen LogP contribution in [0, 0.1) is 0 Å². The monoisotopic (exact) mass is 244 g/mol. The molecule has 0 spiro atoms. The number of furan rings is 1. The third-order valence-corrected chi connectivity index (χ3v) is 3.63. The Morgan fingerprint density at radius 1 is 1.41 bits per heavy atom.